The summed E-state index contributed by atoms with van der Waals surface area (Å²) < 4.78 is 28.8. The van der Waals surface area contributed by atoms with E-state index in [1.807, 2.05) is 32.9 Å². The van der Waals surface area contributed by atoms with Gasteiger partial charge in [-0.15, -0.1) is 0 Å². The van der Waals surface area contributed by atoms with Crippen LogP contribution in [0.5, 0.6) is 11.6 Å². The molecule has 1 aliphatic heterocycles. The number of hydrogen-bond acceptors (Lipinski definition) is 11. The molecule has 5 atom stereocenters. The van der Waals surface area contributed by atoms with Gasteiger partial charge in [0, 0.05) is 25.4 Å². The largest absolute Gasteiger partial charge is 0.492 e. The predicted octanol–water partition coefficient (Wildman–Crippen LogP) is 6.15. The number of alkyl carbamates (subject to hydrolysis) is 1. The van der Waals surface area contributed by atoms with Gasteiger partial charge in [0.15, 0.2) is 0 Å². The summed E-state index contributed by atoms with van der Waals surface area (Å²) in [6.45, 7) is 14.2. The van der Waals surface area contributed by atoms with Crippen molar-refractivity contribution in [2.45, 2.75) is 123 Å². The van der Waals surface area contributed by atoms with Gasteiger partial charge in [0.05, 0.1) is 30.2 Å². The molecule has 2 aromatic heterocycles. The molecule has 2 aromatic rings. The van der Waals surface area contributed by atoms with Crippen molar-refractivity contribution in [2.24, 2.45) is 11.3 Å². The van der Waals surface area contributed by atoms with E-state index < -0.39 is 35.2 Å². The summed E-state index contributed by atoms with van der Waals surface area (Å²) in [5.74, 6) is 0.597. The molecular weight excluding hydrogens is 628 g/mol. The summed E-state index contributed by atoms with van der Waals surface area (Å²) in [6, 6.07) is 0.581. The summed E-state index contributed by atoms with van der Waals surface area (Å²) in [6.07, 6.45) is 12.2. The van der Waals surface area contributed by atoms with Gasteiger partial charge in [-0.25, -0.2) is 14.6 Å². The van der Waals surface area contributed by atoms with Crippen molar-refractivity contribution in [1.29, 1.82) is 0 Å². The Labute approximate surface area is 290 Å². The smallest absolute Gasteiger partial charge is 0.408 e. The number of nitrogens with zero attached hydrogens (tertiary/aromatic N) is 2. The minimum atomic E-state index is -0.828. The van der Waals surface area contributed by atoms with E-state index in [1.54, 1.807) is 33.2 Å². The second-order valence-electron chi connectivity index (χ2n) is 15.0. The lowest BCUT2D eigenvalue weighted by Crippen LogP contribution is -2.51. The van der Waals surface area contributed by atoms with Gasteiger partial charge in [0.2, 0.25) is 5.88 Å². The first-order chi connectivity index (χ1) is 23.2. The molecule has 12 heteroatoms. The molecule has 0 spiro atoms. The number of pyridine rings is 2. The third kappa shape index (κ3) is 11.0. The first-order valence-corrected chi connectivity index (χ1v) is 17.4. The van der Waals surface area contributed by atoms with E-state index >= 15 is 0 Å². The molecule has 2 aliphatic rings. The number of rotatable bonds is 15. The predicted molar refractivity (Wildman–Crippen MR) is 186 cm³/mol. The Morgan fingerprint density at radius 3 is 2.59 bits per heavy atom. The average molecular weight is 683 g/mol. The number of methoxy groups -OCH3 is 1. The minimum Gasteiger partial charge on any atom is -0.492 e. The Morgan fingerprint density at radius 1 is 1.12 bits per heavy atom. The molecule has 2 N–H and O–H groups in total. The van der Waals surface area contributed by atoms with Crippen LogP contribution in [-0.4, -0.2) is 78.2 Å². The maximum atomic E-state index is 12.8. The van der Waals surface area contributed by atoms with Crippen molar-refractivity contribution in [3.63, 3.8) is 0 Å². The number of hydrogen-bond donors (Lipinski definition) is 2. The average Bonchev–Trinajstić information content (AvgIpc) is 3.58. The van der Waals surface area contributed by atoms with E-state index in [-0.39, 0.29) is 24.1 Å². The number of allylic oxidation sites excluding steroid dienone is 1. The van der Waals surface area contributed by atoms with Crippen molar-refractivity contribution < 1.29 is 38.1 Å². The molecule has 0 unspecified atom stereocenters. The lowest BCUT2D eigenvalue weighted by atomic mass is 9.86. The lowest BCUT2D eigenvalue weighted by Gasteiger charge is -2.32. The van der Waals surface area contributed by atoms with Crippen LogP contribution in [0.2, 0.25) is 0 Å². The molecule has 270 valence electrons. The Hall–Kier alpha value is -3.93. The van der Waals surface area contributed by atoms with Crippen LogP contribution in [0.4, 0.5) is 4.79 Å². The SMILES string of the molecule is CCCCOc1c(/C=C/CCC[C@@H]2C[C@H]2OC(=O)N[C@H](C(=O)OC(C)(C)C)C(C)(C)C)c(O[C@H]2CN[C@H](C(=O)OC)C2)nc2ccncc12. The summed E-state index contributed by atoms with van der Waals surface area (Å²) in [5, 5.41) is 6.71. The van der Waals surface area contributed by atoms with Gasteiger partial charge in [-0.3, -0.25) is 9.78 Å². The number of aromatic nitrogens is 2. The van der Waals surface area contributed by atoms with Gasteiger partial charge in [-0.05, 0) is 76.4 Å². The number of carbonyl (C=O) groups excluding carboxylic acids is 3. The highest BCUT2D eigenvalue weighted by Gasteiger charge is 2.42. The molecule has 1 saturated heterocycles. The van der Waals surface area contributed by atoms with Crippen LogP contribution in [-0.2, 0) is 23.8 Å². The van der Waals surface area contributed by atoms with Gasteiger partial charge in [-0.1, -0.05) is 40.2 Å². The van der Waals surface area contributed by atoms with Gasteiger partial charge in [-0.2, -0.15) is 0 Å². The number of amides is 1. The summed E-state index contributed by atoms with van der Waals surface area (Å²) in [4.78, 5) is 46.7. The van der Waals surface area contributed by atoms with Crippen molar-refractivity contribution in [2.75, 3.05) is 20.3 Å². The van der Waals surface area contributed by atoms with Crippen LogP contribution >= 0.6 is 0 Å². The highest BCUT2D eigenvalue weighted by atomic mass is 16.6. The fourth-order valence-electron chi connectivity index (χ4n) is 5.70. The van der Waals surface area contributed by atoms with E-state index in [0.29, 0.717) is 36.7 Å². The molecule has 0 bridgehead atoms. The molecule has 49 heavy (non-hydrogen) atoms. The Bertz CT molecular complexity index is 1480. The van der Waals surface area contributed by atoms with Crippen LogP contribution < -0.4 is 20.1 Å². The first-order valence-electron chi connectivity index (χ1n) is 17.4. The van der Waals surface area contributed by atoms with Crippen LogP contribution in [0, 0.1) is 11.3 Å². The van der Waals surface area contributed by atoms with Crippen molar-refractivity contribution in [3.05, 3.63) is 30.1 Å². The summed E-state index contributed by atoms with van der Waals surface area (Å²) >= 11 is 0. The molecular formula is C37H54N4O8. The minimum absolute atomic E-state index is 0.173. The molecule has 2 fully saturated rings. The van der Waals surface area contributed by atoms with Crippen molar-refractivity contribution in [1.82, 2.24) is 20.6 Å². The Kier molecular flexibility index (Phi) is 12.9. The second kappa shape index (κ2) is 16.7. The molecule has 1 saturated carbocycles. The first kappa shape index (κ1) is 37.9. The van der Waals surface area contributed by atoms with Crippen LogP contribution in [0.1, 0.15) is 99.0 Å². The van der Waals surface area contributed by atoms with Gasteiger partial charge in [0.25, 0.3) is 0 Å². The molecule has 1 amide bonds. The highest BCUT2D eigenvalue weighted by molar-refractivity contribution is 5.89. The Morgan fingerprint density at radius 2 is 1.90 bits per heavy atom. The lowest BCUT2D eigenvalue weighted by molar-refractivity contribution is -0.160. The number of esters is 2. The summed E-state index contributed by atoms with van der Waals surface area (Å²) in [5.41, 5.74) is 0.248. The molecule has 1 aliphatic carbocycles. The van der Waals surface area contributed by atoms with Crippen LogP contribution in [0.15, 0.2) is 24.5 Å². The van der Waals surface area contributed by atoms with Crippen LogP contribution in [0.25, 0.3) is 17.0 Å². The monoisotopic (exact) mass is 682 g/mol. The maximum Gasteiger partial charge on any atom is 0.408 e. The molecule has 0 radical (unpaired) electrons. The summed E-state index contributed by atoms with van der Waals surface area (Å²) in [7, 11) is 1.38. The topological polar surface area (TPSA) is 147 Å². The molecule has 4 rings (SSSR count). The van der Waals surface area contributed by atoms with Crippen LogP contribution in [0.3, 0.4) is 0 Å². The van der Waals surface area contributed by atoms with Gasteiger partial charge in [0.1, 0.15) is 35.6 Å². The van der Waals surface area contributed by atoms with E-state index in [9.17, 15) is 14.4 Å². The zero-order valence-corrected chi connectivity index (χ0v) is 30.3. The van der Waals surface area contributed by atoms with E-state index in [2.05, 4.69) is 28.6 Å². The van der Waals surface area contributed by atoms with Crippen molar-refractivity contribution >= 4 is 35.0 Å². The molecule has 0 aromatic carbocycles. The number of unbranched alkanes of at least 4 members (excludes halogenated alkanes) is 2. The number of nitrogens with one attached hydrogen (secondary N) is 2. The fraction of sp³-hybridized carbons (Fsp3) is 0.649. The standard InChI is InChI=1S/C37H54N4O8/c1-9-10-18-46-30-25(32(40-27-16-17-38-22-26(27)30)47-24-20-28(39-21-24)33(42)45-8)15-13-11-12-14-23-19-29(23)48-35(44)41-31(36(2,3)4)34(43)49-37(5,6)7/h13,15-17,22-24,28-29,31,39H,9-12,14,18-21H2,1-8H3,(H,41,44)/b15-13+/t23-,24-,28+,29-,31-/m1/s1. The third-order valence-corrected chi connectivity index (χ3v) is 8.46. The highest BCUT2D eigenvalue weighted by Crippen LogP contribution is 2.39. The van der Waals surface area contributed by atoms with E-state index in [4.69, 9.17) is 28.7 Å². The third-order valence-electron chi connectivity index (χ3n) is 8.46. The molecule has 12 nitrogen and oxygen atoms in total. The zero-order valence-electron chi connectivity index (χ0n) is 30.3. The number of ether oxygens (including phenoxy) is 5. The maximum absolute atomic E-state index is 12.8. The van der Waals surface area contributed by atoms with Gasteiger partial charge < -0.3 is 34.3 Å². The van der Waals surface area contributed by atoms with E-state index in [0.717, 1.165) is 49.5 Å². The fourth-order valence-corrected chi connectivity index (χ4v) is 5.70. The van der Waals surface area contributed by atoms with Gasteiger partial charge >= 0.3 is 18.0 Å². The second-order valence-corrected chi connectivity index (χ2v) is 15.0. The van der Waals surface area contributed by atoms with Crippen molar-refractivity contribution in [3.8, 4) is 11.6 Å². The molecule has 3 heterocycles. The Balaban J connectivity index is 1.37. The van der Waals surface area contributed by atoms with E-state index in [1.165, 1.54) is 7.11 Å². The zero-order chi connectivity index (χ0) is 35.8. The number of carbonyl (C=O) groups is 3. The quantitative estimate of drug-likeness (QED) is 0.127. The number of fused-ring (bicyclic) bond motifs is 1. The normalized spacial score (nSPS) is 21.3.